The molecule has 0 aromatic rings. The van der Waals surface area contributed by atoms with Crippen molar-refractivity contribution in [2.75, 3.05) is 13.4 Å². The second kappa shape index (κ2) is 5.91. The van der Waals surface area contributed by atoms with E-state index in [-0.39, 0.29) is 6.42 Å². The lowest BCUT2D eigenvalue weighted by Gasteiger charge is -2.10. The van der Waals surface area contributed by atoms with Crippen molar-refractivity contribution in [3.05, 3.63) is 0 Å². The molecular formula is C6H12NO4P. The number of aliphatic carboxylic acids is 1. The van der Waals surface area contributed by atoms with E-state index in [1.54, 1.807) is 0 Å². The molecule has 0 fully saturated rings. The van der Waals surface area contributed by atoms with Crippen LogP contribution in [0.2, 0.25) is 0 Å². The lowest BCUT2D eigenvalue weighted by Crippen LogP contribution is -2.37. The quantitative estimate of drug-likeness (QED) is 0.451. The molecule has 6 heteroatoms. The van der Waals surface area contributed by atoms with Gasteiger partial charge in [0, 0.05) is 6.29 Å². The normalized spacial score (nSPS) is 12.2. The summed E-state index contributed by atoms with van der Waals surface area (Å²) in [5.41, 5.74) is 0. The zero-order chi connectivity index (χ0) is 9.56. The van der Waals surface area contributed by atoms with Gasteiger partial charge in [0.25, 0.3) is 0 Å². The van der Waals surface area contributed by atoms with E-state index in [0.29, 0.717) is 6.29 Å². The molecule has 0 aliphatic carbocycles. The zero-order valence-electron chi connectivity index (χ0n) is 6.74. The summed E-state index contributed by atoms with van der Waals surface area (Å²) in [5.74, 6) is -1.59. The summed E-state index contributed by atoms with van der Waals surface area (Å²) < 4.78 is 4.33. The third-order valence-corrected chi connectivity index (χ3v) is 1.50. The van der Waals surface area contributed by atoms with Crippen molar-refractivity contribution in [1.82, 2.24) is 5.32 Å². The molecule has 2 atom stereocenters. The molecule has 0 bridgehead atoms. The van der Waals surface area contributed by atoms with E-state index in [4.69, 9.17) is 5.11 Å². The van der Waals surface area contributed by atoms with Gasteiger partial charge in [-0.3, -0.25) is 9.59 Å². The van der Waals surface area contributed by atoms with Crippen molar-refractivity contribution in [2.45, 2.75) is 12.5 Å². The molecule has 70 valence electrons. The number of esters is 1. The SMILES string of the molecule is COC(=O)C[C@H](NCP)C(=O)O. The Kier molecular flexibility index (Phi) is 5.58. The van der Waals surface area contributed by atoms with E-state index in [0.717, 1.165) is 0 Å². The number of methoxy groups -OCH3 is 1. The Hall–Kier alpha value is -0.670. The summed E-state index contributed by atoms with van der Waals surface area (Å²) in [4.78, 5) is 21.1. The van der Waals surface area contributed by atoms with Crippen LogP contribution in [-0.4, -0.2) is 36.5 Å². The van der Waals surface area contributed by atoms with Gasteiger partial charge < -0.3 is 15.2 Å². The zero-order valence-corrected chi connectivity index (χ0v) is 7.90. The first-order valence-corrected chi connectivity index (χ1v) is 4.16. The summed E-state index contributed by atoms with van der Waals surface area (Å²) in [6.07, 6.45) is 0.272. The van der Waals surface area contributed by atoms with Crippen LogP contribution in [0, 0.1) is 0 Å². The van der Waals surface area contributed by atoms with Crippen LogP contribution in [0.3, 0.4) is 0 Å². The number of hydrogen-bond acceptors (Lipinski definition) is 4. The number of carbonyl (C=O) groups excluding carboxylic acids is 1. The third-order valence-electron chi connectivity index (χ3n) is 1.26. The Morgan fingerprint density at radius 1 is 1.67 bits per heavy atom. The van der Waals surface area contributed by atoms with Crippen molar-refractivity contribution in [2.24, 2.45) is 0 Å². The molecule has 2 N–H and O–H groups in total. The van der Waals surface area contributed by atoms with Crippen LogP contribution in [0.5, 0.6) is 0 Å². The van der Waals surface area contributed by atoms with Gasteiger partial charge in [0.1, 0.15) is 6.04 Å². The van der Waals surface area contributed by atoms with Gasteiger partial charge in [0.2, 0.25) is 0 Å². The lowest BCUT2D eigenvalue weighted by molar-refractivity contribution is -0.147. The molecule has 5 nitrogen and oxygen atoms in total. The minimum Gasteiger partial charge on any atom is -0.480 e. The second-order valence-electron chi connectivity index (χ2n) is 2.08. The van der Waals surface area contributed by atoms with E-state index in [1.807, 2.05) is 0 Å². The van der Waals surface area contributed by atoms with Gasteiger partial charge >= 0.3 is 11.9 Å². The Morgan fingerprint density at radius 2 is 2.25 bits per heavy atom. The topological polar surface area (TPSA) is 75.6 Å². The first-order chi connectivity index (χ1) is 5.61. The highest BCUT2D eigenvalue weighted by molar-refractivity contribution is 7.16. The highest BCUT2D eigenvalue weighted by atomic mass is 31.0. The van der Waals surface area contributed by atoms with Gasteiger partial charge in [0.15, 0.2) is 0 Å². The maximum absolute atomic E-state index is 10.7. The molecule has 0 aromatic heterocycles. The third kappa shape index (κ3) is 4.26. The fourth-order valence-electron chi connectivity index (χ4n) is 0.639. The molecule has 0 aliphatic heterocycles. The summed E-state index contributed by atoms with van der Waals surface area (Å²) in [6, 6.07) is -0.866. The summed E-state index contributed by atoms with van der Waals surface area (Å²) >= 11 is 0. The molecule has 12 heavy (non-hydrogen) atoms. The second-order valence-corrected chi connectivity index (χ2v) is 2.49. The smallest absolute Gasteiger partial charge is 0.321 e. The highest BCUT2D eigenvalue weighted by Gasteiger charge is 2.19. The maximum Gasteiger partial charge on any atom is 0.321 e. The largest absolute Gasteiger partial charge is 0.480 e. The summed E-state index contributed by atoms with van der Waals surface area (Å²) in [5, 5.41) is 11.2. The first kappa shape index (κ1) is 11.3. The first-order valence-electron chi connectivity index (χ1n) is 3.35. The van der Waals surface area contributed by atoms with Crippen molar-refractivity contribution in [3.63, 3.8) is 0 Å². The molecule has 0 heterocycles. The van der Waals surface area contributed by atoms with Crippen LogP contribution in [0.25, 0.3) is 0 Å². The van der Waals surface area contributed by atoms with Gasteiger partial charge in [-0.25, -0.2) is 0 Å². The van der Waals surface area contributed by atoms with E-state index >= 15 is 0 Å². The fraction of sp³-hybridized carbons (Fsp3) is 0.667. The van der Waals surface area contributed by atoms with Crippen LogP contribution in [0.4, 0.5) is 0 Å². The number of hydrogen-bond donors (Lipinski definition) is 2. The number of ether oxygens (including phenoxy) is 1. The summed E-state index contributed by atoms with van der Waals surface area (Å²) in [6.45, 7) is 0. The minimum atomic E-state index is -1.05. The van der Waals surface area contributed by atoms with Gasteiger partial charge in [-0.05, 0) is 0 Å². The van der Waals surface area contributed by atoms with Gasteiger partial charge in [-0.15, -0.1) is 9.24 Å². The number of carboxylic acids is 1. The van der Waals surface area contributed by atoms with E-state index in [9.17, 15) is 9.59 Å². The van der Waals surface area contributed by atoms with Crippen molar-refractivity contribution in [1.29, 1.82) is 0 Å². The molecule has 0 saturated heterocycles. The maximum atomic E-state index is 10.7. The van der Waals surface area contributed by atoms with Crippen molar-refractivity contribution in [3.8, 4) is 0 Å². The van der Waals surface area contributed by atoms with E-state index in [1.165, 1.54) is 7.11 Å². The predicted octanol–water partition coefficient (Wildman–Crippen LogP) is -0.575. The highest BCUT2D eigenvalue weighted by Crippen LogP contribution is 1.95. The lowest BCUT2D eigenvalue weighted by atomic mass is 10.2. The molecule has 0 saturated carbocycles. The van der Waals surface area contributed by atoms with Crippen LogP contribution in [0.15, 0.2) is 0 Å². The van der Waals surface area contributed by atoms with E-state index in [2.05, 4.69) is 19.3 Å². The number of rotatable bonds is 5. The average Bonchev–Trinajstić information content (AvgIpc) is 2.03. The fourth-order valence-corrected chi connectivity index (χ4v) is 0.924. The van der Waals surface area contributed by atoms with E-state index < -0.39 is 18.0 Å². The molecule has 0 amide bonds. The van der Waals surface area contributed by atoms with Gasteiger partial charge in [0.05, 0.1) is 13.5 Å². The molecule has 0 aromatic carbocycles. The Labute approximate surface area is 72.7 Å². The van der Waals surface area contributed by atoms with Crippen LogP contribution < -0.4 is 5.32 Å². The molecule has 1 unspecified atom stereocenters. The standard InChI is InChI=1S/C6H12NO4P/c1-11-5(8)2-4(6(9)10)7-3-12/h4,7H,2-3,12H2,1H3,(H,9,10)/t4-/m0/s1. The molecule has 0 spiro atoms. The minimum absolute atomic E-state index is 0.153. The molecule has 0 rings (SSSR count). The predicted molar refractivity (Wildman–Crippen MR) is 45.8 cm³/mol. The summed E-state index contributed by atoms with van der Waals surface area (Å²) in [7, 11) is 3.54. The van der Waals surface area contributed by atoms with Crippen LogP contribution in [-0.2, 0) is 14.3 Å². The Morgan fingerprint density at radius 3 is 2.58 bits per heavy atom. The molecular weight excluding hydrogens is 181 g/mol. The monoisotopic (exact) mass is 193 g/mol. The van der Waals surface area contributed by atoms with Gasteiger partial charge in [-0.2, -0.15) is 0 Å². The Bertz CT molecular complexity index is 171. The van der Waals surface area contributed by atoms with Crippen LogP contribution >= 0.6 is 9.24 Å². The number of carbonyl (C=O) groups is 2. The average molecular weight is 193 g/mol. The number of nitrogens with one attached hydrogen (secondary N) is 1. The molecule has 0 radical (unpaired) electrons. The van der Waals surface area contributed by atoms with Crippen molar-refractivity contribution >= 4 is 21.2 Å². The van der Waals surface area contributed by atoms with Crippen LogP contribution in [0.1, 0.15) is 6.42 Å². The Balaban J connectivity index is 3.95. The van der Waals surface area contributed by atoms with Gasteiger partial charge in [-0.1, -0.05) is 0 Å². The number of carboxylic acid groups (broad SMARTS) is 1. The molecule has 0 aliphatic rings. The van der Waals surface area contributed by atoms with Crippen molar-refractivity contribution < 1.29 is 19.4 Å².